The highest BCUT2D eigenvalue weighted by Gasteiger charge is 2.16. The molecule has 0 aliphatic rings. The van der Waals surface area contributed by atoms with Gasteiger partial charge in [0.1, 0.15) is 0 Å². The molecular formula is C4H13NOSi. The Bertz CT molecular complexity index is 49.7. The van der Waals surface area contributed by atoms with Crippen molar-refractivity contribution in [1.29, 1.82) is 0 Å². The van der Waals surface area contributed by atoms with Crippen LogP contribution in [0.5, 0.6) is 0 Å². The van der Waals surface area contributed by atoms with Gasteiger partial charge in [0.05, 0.1) is 0 Å². The third-order valence-corrected chi connectivity index (χ3v) is 3.34. The molecule has 0 saturated carbocycles. The van der Waals surface area contributed by atoms with Gasteiger partial charge in [-0.15, -0.1) is 0 Å². The van der Waals surface area contributed by atoms with Crippen molar-refractivity contribution >= 4 is 8.48 Å². The number of hydrogen-bond acceptors (Lipinski definition) is 2. The summed E-state index contributed by atoms with van der Waals surface area (Å²) in [5, 5.41) is 0. The lowest BCUT2D eigenvalue weighted by Gasteiger charge is -2.17. The Kier molecular flexibility index (Phi) is 2.49. The van der Waals surface area contributed by atoms with Gasteiger partial charge in [-0.25, -0.2) is 0 Å². The van der Waals surface area contributed by atoms with E-state index < -0.39 is 8.48 Å². The lowest BCUT2D eigenvalue weighted by Crippen LogP contribution is -2.44. The van der Waals surface area contributed by atoms with Crippen molar-refractivity contribution in [3.63, 3.8) is 0 Å². The quantitative estimate of drug-likeness (QED) is 0.536. The topological polar surface area (TPSA) is 21.3 Å². The van der Waals surface area contributed by atoms with Crippen LogP contribution in [0.4, 0.5) is 0 Å². The molecular weight excluding hydrogens is 106 g/mol. The Hall–Kier alpha value is 0.137. The zero-order valence-electron chi connectivity index (χ0n) is 5.41. The predicted octanol–water partition coefficient (Wildman–Crippen LogP) is 0.554. The second kappa shape index (κ2) is 2.45. The Labute approximate surface area is 46.1 Å². The van der Waals surface area contributed by atoms with Gasteiger partial charge in [-0.1, -0.05) is 0 Å². The zero-order chi connectivity index (χ0) is 5.91. The Morgan fingerprint density at radius 1 is 1.43 bits per heavy atom. The van der Waals surface area contributed by atoms with E-state index in [0.29, 0.717) is 0 Å². The van der Waals surface area contributed by atoms with Crippen molar-refractivity contribution in [1.82, 2.24) is 4.98 Å². The molecule has 44 valence electrons. The smallest absolute Gasteiger partial charge is 0.261 e. The van der Waals surface area contributed by atoms with Gasteiger partial charge in [0.25, 0.3) is 8.48 Å². The number of rotatable bonds is 2. The summed E-state index contributed by atoms with van der Waals surface area (Å²) in [5.41, 5.74) is 0. The molecule has 1 N–H and O–H groups in total. The molecule has 0 aromatic rings. The third-order valence-electron chi connectivity index (χ3n) is 1.11. The summed E-state index contributed by atoms with van der Waals surface area (Å²) in [6, 6.07) is 0. The molecule has 0 aromatic carbocycles. The van der Waals surface area contributed by atoms with Crippen LogP contribution >= 0.6 is 0 Å². The van der Waals surface area contributed by atoms with Crippen molar-refractivity contribution in [3.8, 4) is 0 Å². The Morgan fingerprint density at radius 2 is 1.86 bits per heavy atom. The molecule has 0 aliphatic carbocycles. The summed E-state index contributed by atoms with van der Waals surface area (Å²) >= 11 is 0. The van der Waals surface area contributed by atoms with Crippen molar-refractivity contribution in [2.45, 2.75) is 13.1 Å². The monoisotopic (exact) mass is 119 g/mol. The molecule has 0 bridgehead atoms. The summed E-state index contributed by atoms with van der Waals surface area (Å²) in [4.78, 5) is 3.11. The molecule has 0 heterocycles. The summed E-state index contributed by atoms with van der Waals surface area (Å²) in [6.45, 7) is 4.21. The van der Waals surface area contributed by atoms with Gasteiger partial charge in [-0.3, -0.25) is 0 Å². The average Bonchev–Trinajstić information content (AvgIpc) is 1.68. The van der Waals surface area contributed by atoms with Crippen LogP contribution < -0.4 is 4.98 Å². The molecule has 0 fully saturated rings. The largest absolute Gasteiger partial charge is 0.407 e. The first-order valence-electron chi connectivity index (χ1n) is 2.36. The summed E-state index contributed by atoms with van der Waals surface area (Å²) in [5.74, 6) is 0. The Balaban J connectivity index is 3.36. The minimum atomic E-state index is -1.40. The highest BCUT2D eigenvalue weighted by molar-refractivity contribution is 6.68. The van der Waals surface area contributed by atoms with Crippen LogP contribution in [0, 0.1) is 0 Å². The summed E-state index contributed by atoms with van der Waals surface area (Å²) in [6.07, 6.45) is 0. The maximum absolute atomic E-state index is 5.11. The molecule has 0 aliphatic heterocycles. The van der Waals surface area contributed by atoms with Gasteiger partial charge >= 0.3 is 0 Å². The van der Waals surface area contributed by atoms with Gasteiger partial charge in [-0.05, 0) is 20.1 Å². The van der Waals surface area contributed by atoms with E-state index in [4.69, 9.17) is 4.43 Å². The van der Waals surface area contributed by atoms with Crippen molar-refractivity contribution in [3.05, 3.63) is 0 Å². The standard InChI is InChI=1S/C4H13NOSi/c1-5-7(3,4)6-2/h5H,1-4H3. The van der Waals surface area contributed by atoms with Gasteiger partial charge in [0.15, 0.2) is 0 Å². The predicted molar refractivity (Wildman–Crippen MR) is 33.6 cm³/mol. The maximum Gasteiger partial charge on any atom is 0.261 e. The van der Waals surface area contributed by atoms with E-state index in [1.807, 2.05) is 7.05 Å². The summed E-state index contributed by atoms with van der Waals surface area (Å²) in [7, 11) is 2.26. The molecule has 3 heteroatoms. The van der Waals surface area contributed by atoms with Crippen LogP contribution in [-0.2, 0) is 4.43 Å². The van der Waals surface area contributed by atoms with Crippen LogP contribution in [0.25, 0.3) is 0 Å². The fraction of sp³-hybridized carbons (Fsp3) is 1.00. The molecule has 0 radical (unpaired) electrons. The van der Waals surface area contributed by atoms with Gasteiger partial charge in [0, 0.05) is 7.11 Å². The minimum absolute atomic E-state index is 1.40. The van der Waals surface area contributed by atoms with Crippen LogP contribution in [-0.4, -0.2) is 22.6 Å². The normalized spacial score (nSPS) is 12.0. The average molecular weight is 119 g/mol. The fourth-order valence-corrected chi connectivity index (χ4v) is 0.306. The van der Waals surface area contributed by atoms with E-state index in [1.165, 1.54) is 0 Å². The number of hydrogen-bond donors (Lipinski definition) is 1. The number of nitrogens with one attached hydrogen (secondary N) is 1. The van der Waals surface area contributed by atoms with Crippen LogP contribution in [0.15, 0.2) is 0 Å². The lowest BCUT2D eigenvalue weighted by molar-refractivity contribution is 0.395. The molecule has 0 aromatic heterocycles. The molecule has 0 atom stereocenters. The molecule has 0 unspecified atom stereocenters. The fourth-order valence-electron chi connectivity index (χ4n) is 0.102. The van der Waals surface area contributed by atoms with Crippen LogP contribution in [0.3, 0.4) is 0 Å². The minimum Gasteiger partial charge on any atom is -0.407 e. The molecule has 2 nitrogen and oxygen atoms in total. The van der Waals surface area contributed by atoms with Crippen LogP contribution in [0.1, 0.15) is 0 Å². The van der Waals surface area contributed by atoms with Gasteiger partial charge in [-0.2, -0.15) is 0 Å². The molecule has 0 amide bonds. The highest BCUT2D eigenvalue weighted by Crippen LogP contribution is 1.92. The van der Waals surface area contributed by atoms with E-state index in [1.54, 1.807) is 7.11 Å². The summed E-state index contributed by atoms with van der Waals surface area (Å²) < 4.78 is 5.11. The first-order chi connectivity index (χ1) is 3.12. The molecule has 0 rings (SSSR count). The van der Waals surface area contributed by atoms with Crippen molar-refractivity contribution in [2.24, 2.45) is 0 Å². The van der Waals surface area contributed by atoms with Crippen molar-refractivity contribution < 1.29 is 4.43 Å². The second-order valence-corrected chi connectivity index (χ2v) is 5.89. The second-order valence-electron chi connectivity index (χ2n) is 1.96. The van der Waals surface area contributed by atoms with E-state index in [0.717, 1.165) is 0 Å². The molecule has 0 saturated heterocycles. The molecule has 7 heavy (non-hydrogen) atoms. The van der Waals surface area contributed by atoms with E-state index in [9.17, 15) is 0 Å². The first-order valence-corrected chi connectivity index (χ1v) is 5.27. The first kappa shape index (κ1) is 7.14. The van der Waals surface area contributed by atoms with Gasteiger partial charge < -0.3 is 9.41 Å². The maximum atomic E-state index is 5.11. The lowest BCUT2D eigenvalue weighted by atomic mass is 11.6. The van der Waals surface area contributed by atoms with E-state index >= 15 is 0 Å². The van der Waals surface area contributed by atoms with E-state index in [2.05, 4.69) is 18.1 Å². The van der Waals surface area contributed by atoms with E-state index in [-0.39, 0.29) is 0 Å². The van der Waals surface area contributed by atoms with Crippen molar-refractivity contribution in [2.75, 3.05) is 14.2 Å². The Morgan fingerprint density at radius 3 is 1.86 bits per heavy atom. The highest BCUT2D eigenvalue weighted by atomic mass is 28.4. The van der Waals surface area contributed by atoms with Gasteiger partial charge in [0.2, 0.25) is 0 Å². The third kappa shape index (κ3) is 2.79. The molecule has 0 spiro atoms. The SMILES string of the molecule is CN[Si](C)(C)OC. The van der Waals surface area contributed by atoms with Crippen LogP contribution in [0.2, 0.25) is 13.1 Å². The zero-order valence-corrected chi connectivity index (χ0v) is 6.41.